The van der Waals surface area contributed by atoms with Crippen molar-refractivity contribution in [3.05, 3.63) is 87.6 Å². The second-order valence-corrected chi connectivity index (χ2v) is 7.54. The molecule has 152 valence electrons. The van der Waals surface area contributed by atoms with E-state index in [1.807, 2.05) is 24.3 Å². The molecule has 0 aromatic heterocycles. The number of ether oxygens (including phenoxy) is 4. The number of hydrogen-bond donors (Lipinski definition) is 0. The van der Waals surface area contributed by atoms with Crippen molar-refractivity contribution in [2.75, 3.05) is 14.2 Å². The molecule has 0 saturated heterocycles. The predicted octanol–water partition coefficient (Wildman–Crippen LogP) is 5.66. The minimum absolute atomic E-state index is 0.186. The van der Waals surface area contributed by atoms with Gasteiger partial charge in [0.1, 0.15) is 29.6 Å². The number of hydrogen-bond acceptors (Lipinski definition) is 5. The van der Waals surface area contributed by atoms with Crippen molar-refractivity contribution in [3.63, 3.8) is 0 Å². The maximum atomic E-state index is 12.8. The number of benzene rings is 3. The monoisotopic (exact) mass is 466 g/mol. The van der Waals surface area contributed by atoms with E-state index in [1.54, 1.807) is 56.7 Å². The summed E-state index contributed by atoms with van der Waals surface area (Å²) in [7, 11) is 3.16. The molecule has 6 heteroatoms. The van der Waals surface area contributed by atoms with Crippen LogP contribution in [0.2, 0.25) is 0 Å². The van der Waals surface area contributed by atoms with Crippen LogP contribution in [0.15, 0.2) is 70.9 Å². The van der Waals surface area contributed by atoms with E-state index in [0.717, 1.165) is 10.0 Å². The first-order chi connectivity index (χ1) is 14.6. The zero-order valence-corrected chi connectivity index (χ0v) is 18.1. The third-order valence-electron chi connectivity index (χ3n) is 4.68. The molecule has 0 atom stereocenters. The van der Waals surface area contributed by atoms with Crippen LogP contribution in [-0.4, -0.2) is 20.0 Å². The molecule has 1 aliphatic heterocycles. The lowest BCUT2D eigenvalue weighted by molar-refractivity contribution is 0.101. The van der Waals surface area contributed by atoms with Crippen LogP contribution in [0.3, 0.4) is 0 Å². The van der Waals surface area contributed by atoms with E-state index < -0.39 is 0 Å². The zero-order valence-electron chi connectivity index (χ0n) is 16.5. The highest BCUT2D eigenvalue weighted by Crippen LogP contribution is 2.36. The van der Waals surface area contributed by atoms with E-state index >= 15 is 0 Å². The van der Waals surface area contributed by atoms with Gasteiger partial charge in [-0.3, -0.25) is 4.79 Å². The summed E-state index contributed by atoms with van der Waals surface area (Å²) < 4.78 is 23.3. The molecule has 1 aliphatic rings. The Morgan fingerprint density at radius 3 is 2.43 bits per heavy atom. The normalized spacial score (nSPS) is 13.7. The van der Waals surface area contributed by atoms with Crippen LogP contribution >= 0.6 is 15.9 Å². The predicted molar refractivity (Wildman–Crippen MR) is 117 cm³/mol. The molecule has 0 amide bonds. The van der Waals surface area contributed by atoms with Crippen LogP contribution in [0.5, 0.6) is 23.0 Å². The summed E-state index contributed by atoms with van der Waals surface area (Å²) in [5.41, 5.74) is 2.24. The maximum absolute atomic E-state index is 12.8. The first kappa shape index (κ1) is 20.0. The summed E-state index contributed by atoms with van der Waals surface area (Å²) in [5.74, 6) is 2.42. The number of carbonyl (C=O) groups excluding carboxylic acids is 1. The van der Waals surface area contributed by atoms with E-state index in [4.69, 9.17) is 18.9 Å². The van der Waals surface area contributed by atoms with Crippen molar-refractivity contribution in [1.29, 1.82) is 0 Å². The van der Waals surface area contributed by atoms with Gasteiger partial charge in [0.15, 0.2) is 5.76 Å². The van der Waals surface area contributed by atoms with Gasteiger partial charge in [-0.25, -0.2) is 0 Å². The van der Waals surface area contributed by atoms with Crippen LogP contribution < -0.4 is 18.9 Å². The van der Waals surface area contributed by atoms with Crippen LogP contribution in [0.25, 0.3) is 6.08 Å². The number of ketones is 1. The fraction of sp³-hybridized carbons (Fsp3) is 0.125. The van der Waals surface area contributed by atoms with Gasteiger partial charge in [-0.2, -0.15) is 0 Å². The fourth-order valence-corrected chi connectivity index (χ4v) is 3.36. The number of rotatable bonds is 6. The van der Waals surface area contributed by atoms with Crippen molar-refractivity contribution >= 4 is 27.8 Å². The molecule has 0 bridgehead atoms. The summed E-state index contributed by atoms with van der Waals surface area (Å²) in [6, 6.07) is 18.5. The molecule has 1 heterocycles. The fourth-order valence-electron chi connectivity index (χ4n) is 3.10. The molecule has 3 aromatic carbocycles. The van der Waals surface area contributed by atoms with Gasteiger partial charge in [0.05, 0.1) is 19.8 Å². The molecule has 3 aromatic rings. The Morgan fingerprint density at radius 2 is 1.70 bits per heavy atom. The topological polar surface area (TPSA) is 54.0 Å². The van der Waals surface area contributed by atoms with Crippen molar-refractivity contribution in [3.8, 4) is 23.0 Å². The number of allylic oxidation sites excluding steroid dienone is 1. The van der Waals surface area contributed by atoms with Gasteiger partial charge in [-0.15, -0.1) is 0 Å². The second kappa shape index (κ2) is 8.63. The molecule has 4 rings (SSSR count). The number of fused-ring (bicyclic) bond motifs is 1. The van der Waals surface area contributed by atoms with Crippen LogP contribution in [0.1, 0.15) is 21.5 Å². The molecule has 0 radical (unpaired) electrons. The Hall–Kier alpha value is -3.25. The largest absolute Gasteiger partial charge is 0.497 e. The maximum Gasteiger partial charge on any atom is 0.231 e. The van der Waals surface area contributed by atoms with Crippen molar-refractivity contribution in [2.24, 2.45) is 0 Å². The molecular weight excluding hydrogens is 448 g/mol. The van der Waals surface area contributed by atoms with Crippen molar-refractivity contribution in [1.82, 2.24) is 0 Å². The average Bonchev–Trinajstić information content (AvgIpc) is 3.08. The van der Waals surface area contributed by atoms with Gasteiger partial charge in [-0.05, 0) is 54.1 Å². The number of methoxy groups -OCH3 is 2. The first-order valence-corrected chi connectivity index (χ1v) is 10.0. The van der Waals surface area contributed by atoms with E-state index in [0.29, 0.717) is 40.7 Å². The molecule has 0 fully saturated rings. The summed E-state index contributed by atoms with van der Waals surface area (Å²) in [6.45, 7) is 0.420. The Bertz CT molecular complexity index is 1120. The second-order valence-electron chi connectivity index (χ2n) is 6.62. The summed E-state index contributed by atoms with van der Waals surface area (Å²) in [5, 5.41) is 0. The van der Waals surface area contributed by atoms with E-state index in [9.17, 15) is 4.79 Å². The van der Waals surface area contributed by atoms with Crippen molar-refractivity contribution < 1.29 is 23.7 Å². The third-order valence-corrected chi connectivity index (χ3v) is 5.21. The van der Waals surface area contributed by atoms with Gasteiger partial charge in [0, 0.05) is 16.1 Å². The Balaban J connectivity index is 1.54. The molecule has 0 unspecified atom stereocenters. The molecule has 5 nitrogen and oxygen atoms in total. The quantitative estimate of drug-likeness (QED) is 0.438. The van der Waals surface area contributed by atoms with Crippen LogP contribution in [0.4, 0.5) is 0 Å². The van der Waals surface area contributed by atoms with Gasteiger partial charge >= 0.3 is 0 Å². The minimum atomic E-state index is -0.186. The lowest BCUT2D eigenvalue weighted by Crippen LogP contribution is -1.99. The highest BCUT2D eigenvalue weighted by Gasteiger charge is 2.28. The third kappa shape index (κ3) is 4.19. The lowest BCUT2D eigenvalue weighted by Gasteiger charge is -2.08. The van der Waals surface area contributed by atoms with Crippen LogP contribution in [-0.2, 0) is 6.61 Å². The Labute approximate surface area is 183 Å². The number of Topliss-reactive ketones (excluding diaryl/α,β-unsaturated/α-hetero) is 1. The lowest BCUT2D eigenvalue weighted by atomic mass is 10.1. The highest BCUT2D eigenvalue weighted by molar-refractivity contribution is 9.10. The Morgan fingerprint density at radius 1 is 0.933 bits per heavy atom. The standard InChI is InChI=1S/C24H19BrO5/c1-27-18-8-10-21(28-2)16(11-18)12-23-24(26)20-9-7-19(13-22(20)30-23)29-14-15-3-5-17(25)6-4-15/h3-13H,14H2,1-2H3/b23-12-. The summed E-state index contributed by atoms with van der Waals surface area (Å²) in [6.07, 6.45) is 1.66. The molecular formula is C24H19BrO5. The molecule has 0 aliphatic carbocycles. The van der Waals surface area contributed by atoms with Gasteiger partial charge in [-0.1, -0.05) is 28.1 Å². The molecule has 0 saturated carbocycles. The van der Waals surface area contributed by atoms with E-state index in [2.05, 4.69) is 15.9 Å². The smallest absolute Gasteiger partial charge is 0.231 e. The van der Waals surface area contributed by atoms with Gasteiger partial charge in [0.25, 0.3) is 0 Å². The number of carbonyl (C=O) groups is 1. The molecule has 0 spiro atoms. The Kier molecular flexibility index (Phi) is 5.77. The minimum Gasteiger partial charge on any atom is -0.497 e. The molecule has 30 heavy (non-hydrogen) atoms. The van der Waals surface area contributed by atoms with Crippen molar-refractivity contribution in [2.45, 2.75) is 6.61 Å². The average molecular weight is 467 g/mol. The number of halogens is 1. The first-order valence-electron chi connectivity index (χ1n) is 9.25. The SMILES string of the molecule is COc1ccc(OC)c(/C=C2\Oc3cc(OCc4ccc(Br)cc4)ccc3C2=O)c1. The van der Waals surface area contributed by atoms with E-state index in [-0.39, 0.29) is 11.5 Å². The zero-order chi connectivity index (χ0) is 21.1. The van der Waals surface area contributed by atoms with Crippen LogP contribution in [0, 0.1) is 0 Å². The van der Waals surface area contributed by atoms with Gasteiger partial charge in [0.2, 0.25) is 5.78 Å². The highest BCUT2D eigenvalue weighted by atomic mass is 79.9. The molecule has 0 N–H and O–H groups in total. The van der Waals surface area contributed by atoms with E-state index in [1.165, 1.54) is 0 Å². The summed E-state index contributed by atoms with van der Waals surface area (Å²) in [4.78, 5) is 12.8. The van der Waals surface area contributed by atoms with Gasteiger partial charge < -0.3 is 18.9 Å². The summed E-state index contributed by atoms with van der Waals surface area (Å²) >= 11 is 3.42.